The maximum Gasteiger partial charge on any atom is 0.471 e. The first-order valence-electron chi connectivity index (χ1n) is 5.78. The van der Waals surface area contributed by atoms with Crippen molar-refractivity contribution in [3.8, 4) is 0 Å². The van der Waals surface area contributed by atoms with Crippen LogP contribution in [0.15, 0.2) is 0 Å². The van der Waals surface area contributed by atoms with Gasteiger partial charge in [0.25, 0.3) is 0 Å². The van der Waals surface area contributed by atoms with Crippen molar-refractivity contribution in [2.24, 2.45) is 5.92 Å². The molecule has 1 amide bonds. The molecule has 1 unspecified atom stereocenters. The molecule has 0 fully saturated rings. The molecule has 0 aromatic rings. The Bertz CT molecular complexity index is 368. The third-order valence-corrected chi connectivity index (χ3v) is 2.04. The van der Waals surface area contributed by atoms with Gasteiger partial charge < -0.3 is 20.0 Å². The highest BCUT2D eigenvalue weighted by atomic mass is 19.4. The zero-order valence-electron chi connectivity index (χ0n) is 11.0. The molecule has 0 saturated carbocycles. The molecule has 0 bridgehead atoms. The minimum absolute atomic E-state index is 0.0530. The molecule has 0 aromatic heterocycles. The molecule has 0 aliphatic rings. The van der Waals surface area contributed by atoms with Gasteiger partial charge in [-0.05, 0) is 18.8 Å². The Kier molecular flexibility index (Phi) is 7.01. The van der Waals surface area contributed by atoms with Crippen LogP contribution in [0.2, 0.25) is 0 Å². The van der Waals surface area contributed by atoms with Crippen LogP contribution in [-0.2, 0) is 19.1 Å². The lowest BCUT2D eigenvalue weighted by molar-refractivity contribution is -0.305. The number of hydrogen-bond acceptors (Lipinski definition) is 5. The number of amides is 1. The minimum atomic E-state index is -5.17. The van der Waals surface area contributed by atoms with Crippen LogP contribution in [0, 0.1) is 5.92 Å². The topological polar surface area (TPSA) is 95.5 Å². The summed E-state index contributed by atoms with van der Waals surface area (Å²) in [7, 11) is 0. The second-order valence-electron chi connectivity index (χ2n) is 4.46. The van der Waals surface area contributed by atoms with Crippen molar-refractivity contribution in [1.29, 1.82) is 0 Å². The quantitative estimate of drug-likeness (QED) is 0.655. The van der Waals surface area contributed by atoms with E-state index in [2.05, 4.69) is 4.74 Å². The second kappa shape index (κ2) is 7.71. The monoisotopic (exact) mass is 298 g/mol. The van der Waals surface area contributed by atoms with Crippen molar-refractivity contribution < 1.29 is 37.4 Å². The van der Waals surface area contributed by atoms with Gasteiger partial charge in [0.05, 0.1) is 6.61 Å². The van der Waals surface area contributed by atoms with Gasteiger partial charge in [0.2, 0.25) is 0 Å². The van der Waals surface area contributed by atoms with Gasteiger partial charge in [-0.3, -0.25) is 4.79 Å². The van der Waals surface area contributed by atoms with Crippen LogP contribution in [0.25, 0.3) is 0 Å². The van der Waals surface area contributed by atoms with Crippen molar-refractivity contribution in [2.75, 3.05) is 6.61 Å². The van der Waals surface area contributed by atoms with E-state index in [4.69, 9.17) is 0 Å². The molecule has 0 aromatic carbocycles. The SMILES string of the molecule is CC(C)COC(=O)C(CCC(=O)[O-])NC(=O)C(F)(F)F. The van der Waals surface area contributed by atoms with Gasteiger partial charge >= 0.3 is 18.1 Å². The summed E-state index contributed by atoms with van der Waals surface area (Å²) in [6, 6.07) is -1.68. The molecule has 0 heterocycles. The fourth-order valence-corrected chi connectivity index (χ4v) is 1.10. The Morgan fingerprint density at radius 3 is 2.20 bits per heavy atom. The number of nitrogens with one attached hydrogen (secondary N) is 1. The lowest BCUT2D eigenvalue weighted by atomic mass is 10.1. The molecule has 0 aliphatic carbocycles. The van der Waals surface area contributed by atoms with Crippen LogP contribution >= 0.6 is 0 Å². The van der Waals surface area contributed by atoms with E-state index >= 15 is 0 Å². The van der Waals surface area contributed by atoms with E-state index in [1.807, 2.05) is 0 Å². The van der Waals surface area contributed by atoms with Crippen molar-refractivity contribution in [3.63, 3.8) is 0 Å². The average Bonchev–Trinajstić information content (AvgIpc) is 2.29. The van der Waals surface area contributed by atoms with Gasteiger partial charge in [-0.1, -0.05) is 13.8 Å². The lowest BCUT2D eigenvalue weighted by Gasteiger charge is -2.19. The number of esters is 1. The van der Waals surface area contributed by atoms with Crippen LogP contribution in [-0.4, -0.2) is 36.7 Å². The zero-order valence-corrected chi connectivity index (χ0v) is 11.0. The average molecular weight is 298 g/mol. The number of rotatable bonds is 7. The Hall–Kier alpha value is -1.80. The van der Waals surface area contributed by atoms with Crippen LogP contribution in [0.1, 0.15) is 26.7 Å². The van der Waals surface area contributed by atoms with Crippen LogP contribution in [0.4, 0.5) is 13.2 Å². The van der Waals surface area contributed by atoms with E-state index in [-0.39, 0.29) is 12.5 Å². The molecule has 0 radical (unpaired) electrons. The number of carbonyl (C=O) groups is 3. The normalized spacial score (nSPS) is 12.9. The summed E-state index contributed by atoms with van der Waals surface area (Å²) in [5, 5.41) is 11.7. The summed E-state index contributed by atoms with van der Waals surface area (Å²) in [5.74, 6) is -5.05. The summed E-state index contributed by atoms with van der Waals surface area (Å²) in [4.78, 5) is 32.5. The van der Waals surface area contributed by atoms with E-state index in [9.17, 15) is 32.7 Å². The fraction of sp³-hybridized carbons (Fsp3) is 0.727. The standard InChI is InChI=1S/C11H16F3NO5/c1-6(2)5-20-9(18)7(3-4-8(16)17)15-10(19)11(12,13)14/h6-7H,3-5H2,1-2H3,(H,15,19)(H,16,17)/p-1. The van der Waals surface area contributed by atoms with E-state index in [0.29, 0.717) is 0 Å². The molecule has 116 valence electrons. The smallest absolute Gasteiger partial charge is 0.471 e. The molecule has 0 saturated heterocycles. The number of ether oxygens (including phenoxy) is 1. The zero-order chi connectivity index (χ0) is 15.9. The Morgan fingerprint density at radius 2 is 1.80 bits per heavy atom. The number of carboxylic acids is 1. The van der Waals surface area contributed by atoms with E-state index < -0.39 is 42.9 Å². The number of carboxylic acid groups (broad SMARTS) is 1. The number of alkyl halides is 3. The Balaban J connectivity index is 4.67. The van der Waals surface area contributed by atoms with Gasteiger partial charge in [-0.15, -0.1) is 0 Å². The van der Waals surface area contributed by atoms with Crippen LogP contribution in [0.3, 0.4) is 0 Å². The van der Waals surface area contributed by atoms with Crippen molar-refractivity contribution in [3.05, 3.63) is 0 Å². The molecule has 6 nitrogen and oxygen atoms in total. The largest absolute Gasteiger partial charge is 0.550 e. The maximum absolute atomic E-state index is 12.1. The summed E-state index contributed by atoms with van der Waals surface area (Å²) in [6.45, 7) is 3.36. The van der Waals surface area contributed by atoms with E-state index in [0.717, 1.165) is 0 Å². The number of halogens is 3. The van der Waals surface area contributed by atoms with Crippen LogP contribution in [0.5, 0.6) is 0 Å². The van der Waals surface area contributed by atoms with Crippen molar-refractivity contribution >= 4 is 17.8 Å². The highest BCUT2D eigenvalue weighted by molar-refractivity contribution is 5.87. The molecular weight excluding hydrogens is 283 g/mol. The van der Waals surface area contributed by atoms with E-state index in [1.165, 1.54) is 5.32 Å². The fourth-order valence-electron chi connectivity index (χ4n) is 1.10. The highest BCUT2D eigenvalue weighted by Crippen LogP contribution is 2.15. The minimum Gasteiger partial charge on any atom is -0.550 e. The third-order valence-electron chi connectivity index (χ3n) is 2.04. The number of aliphatic carboxylic acids is 1. The lowest BCUT2D eigenvalue weighted by Crippen LogP contribution is -2.48. The van der Waals surface area contributed by atoms with Crippen LogP contribution < -0.4 is 10.4 Å². The molecule has 0 spiro atoms. The molecule has 1 N–H and O–H groups in total. The molecular formula is C11H15F3NO5-. The van der Waals surface area contributed by atoms with E-state index in [1.54, 1.807) is 13.8 Å². The Labute approximate surface area is 113 Å². The second-order valence-corrected chi connectivity index (χ2v) is 4.46. The third kappa shape index (κ3) is 7.59. The van der Waals surface area contributed by atoms with Gasteiger partial charge in [0.1, 0.15) is 6.04 Å². The highest BCUT2D eigenvalue weighted by Gasteiger charge is 2.41. The maximum atomic E-state index is 12.1. The molecule has 0 aliphatic heterocycles. The first kappa shape index (κ1) is 18.2. The summed E-state index contributed by atoms with van der Waals surface area (Å²) < 4.78 is 41.0. The number of hydrogen-bond donors (Lipinski definition) is 1. The Morgan fingerprint density at radius 1 is 1.25 bits per heavy atom. The summed E-state index contributed by atoms with van der Waals surface area (Å²) >= 11 is 0. The first-order valence-corrected chi connectivity index (χ1v) is 5.78. The van der Waals surface area contributed by atoms with Gasteiger partial charge in [-0.25, -0.2) is 4.79 Å². The van der Waals surface area contributed by atoms with Gasteiger partial charge in [-0.2, -0.15) is 13.2 Å². The van der Waals surface area contributed by atoms with Gasteiger partial charge in [0, 0.05) is 5.97 Å². The summed E-state index contributed by atoms with van der Waals surface area (Å²) in [6.07, 6.45) is -6.39. The molecule has 1 atom stereocenters. The molecule has 9 heteroatoms. The first-order chi connectivity index (χ1) is 9.04. The predicted octanol–water partition coefficient (Wildman–Crippen LogP) is -0.237. The van der Waals surface area contributed by atoms with Crippen molar-refractivity contribution in [2.45, 2.75) is 38.9 Å². The number of carbonyl (C=O) groups excluding carboxylic acids is 3. The van der Waals surface area contributed by atoms with Gasteiger partial charge in [0.15, 0.2) is 0 Å². The summed E-state index contributed by atoms with van der Waals surface area (Å²) in [5.41, 5.74) is 0. The molecule has 20 heavy (non-hydrogen) atoms. The predicted molar refractivity (Wildman–Crippen MR) is 58.0 cm³/mol. The van der Waals surface area contributed by atoms with Crippen molar-refractivity contribution in [1.82, 2.24) is 5.32 Å². The molecule has 0 rings (SSSR count).